The molecule has 1 heteroatoms. The van der Waals surface area contributed by atoms with Crippen LogP contribution in [-0.4, -0.2) is 4.57 Å². The van der Waals surface area contributed by atoms with Crippen LogP contribution < -0.4 is 0 Å². The molecule has 1 nitrogen and oxygen atoms in total. The monoisotopic (exact) mass is 651 g/mol. The van der Waals surface area contributed by atoms with E-state index in [1.807, 2.05) is 0 Å². The molecule has 242 valence electrons. The summed E-state index contributed by atoms with van der Waals surface area (Å²) in [6.45, 7) is 9.53. The molecule has 8 aromatic carbocycles. The lowest BCUT2D eigenvalue weighted by molar-refractivity contribution is 0.660. The second kappa shape index (κ2) is 9.86. The second-order valence-corrected chi connectivity index (χ2v) is 15.7. The highest BCUT2D eigenvalue weighted by atomic mass is 15.0. The van der Waals surface area contributed by atoms with Crippen LogP contribution in [-0.2, 0) is 10.8 Å². The Balaban J connectivity index is 1.18. The van der Waals surface area contributed by atoms with Gasteiger partial charge in [0.05, 0.1) is 11.0 Å². The zero-order valence-corrected chi connectivity index (χ0v) is 29.4. The minimum Gasteiger partial charge on any atom is -0.309 e. The third-order valence-corrected chi connectivity index (χ3v) is 12.4. The Hall–Kier alpha value is -5.92. The Bertz CT molecular complexity index is 2830. The van der Waals surface area contributed by atoms with Crippen molar-refractivity contribution in [1.82, 2.24) is 4.57 Å². The summed E-state index contributed by atoms with van der Waals surface area (Å²) in [5.74, 6) is 0. The van der Waals surface area contributed by atoms with E-state index in [0.29, 0.717) is 0 Å². The van der Waals surface area contributed by atoms with Crippen LogP contribution in [0.1, 0.15) is 49.9 Å². The van der Waals surface area contributed by atoms with Crippen molar-refractivity contribution < 1.29 is 0 Å². The van der Waals surface area contributed by atoms with Crippen LogP contribution in [0.2, 0.25) is 0 Å². The molecule has 0 saturated heterocycles. The Labute approximate surface area is 298 Å². The van der Waals surface area contributed by atoms with Crippen molar-refractivity contribution in [1.29, 1.82) is 0 Å². The van der Waals surface area contributed by atoms with Gasteiger partial charge in [-0.1, -0.05) is 137 Å². The molecule has 0 radical (unpaired) electrons. The van der Waals surface area contributed by atoms with Gasteiger partial charge >= 0.3 is 0 Å². The lowest BCUT2D eigenvalue weighted by Gasteiger charge is -2.22. The van der Waals surface area contributed by atoms with Crippen LogP contribution in [0.5, 0.6) is 0 Å². The standard InChI is InChI=1S/C50H37N/c1-49(2)43-19-11-9-17-36(43)39-26-41-42-27-40-37-18-10-12-20-44(37)50(3,4)46(40)29-48(42)51(47(41)28-45(39)49)32-23-21-30(22-24-32)38-25-31-13-5-6-14-33(31)34-15-7-8-16-35(34)38/h5-29H,1-4H3. The van der Waals surface area contributed by atoms with E-state index in [0.717, 1.165) is 0 Å². The van der Waals surface area contributed by atoms with E-state index < -0.39 is 0 Å². The van der Waals surface area contributed by atoms with Crippen LogP contribution in [0.4, 0.5) is 0 Å². The molecule has 9 aromatic rings. The molecule has 0 spiro atoms. The highest BCUT2D eigenvalue weighted by molar-refractivity contribution is 6.15. The van der Waals surface area contributed by atoms with Crippen LogP contribution in [0, 0.1) is 0 Å². The molecule has 0 N–H and O–H groups in total. The van der Waals surface area contributed by atoms with Crippen molar-refractivity contribution in [2.45, 2.75) is 38.5 Å². The van der Waals surface area contributed by atoms with Crippen molar-refractivity contribution >= 4 is 43.4 Å². The Morgan fingerprint density at radius 3 is 1.43 bits per heavy atom. The minimum atomic E-state index is -0.0783. The fourth-order valence-electron chi connectivity index (χ4n) is 9.77. The van der Waals surface area contributed by atoms with Gasteiger partial charge in [-0.15, -0.1) is 0 Å². The quantitative estimate of drug-likeness (QED) is 0.164. The lowest BCUT2D eigenvalue weighted by atomic mass is 9.82. The van der Waals surface area contributed by atoms with Gasteiger partial charge in [-0.3, -0.25) is 0 Å². The van der Waals surface area contributed by atoms with Gasteiger partial charge in [0, 0.05) is 27.3 Å². The molecule has 0 atom stereocenters. The fraction of sp³-hybridized carbons (Fsp3) is 0.120. The number of hydrogen-bond donors (Lipinski definition) is 0. The summed E-state index contributed by atoms with van der Waals surface area (Å²) >= 11 is 0. The van der Waals surface area contributed by atoms with Crippen molar-refractivity contribution in [3.63, 3.8) is 0 Å². The predicted molar refractivity (Wildman–Crippen MR) is 216 cm³/mol. The van der Waals surface area contributed by atoms with Gasteiger partial charge in [-0.2, -0.15) is 0 Å². The first-order valence-electron chi connectivity index (χ1n) is 18.2. The molecule has 0 unspecified atom stereocenters. The third kappa shape index (κ3) is 3.76. The van der Waals surface area contributed by atoms with Gasteiger partial charge in [0.25, 0.3) is 0 Å². The predicted octanol–water partition coefficient (Wildman–Crippen LogP) is 13.4. The van der Waals surface area contributed by atoms with Gasteiger partial charge in [0.2, 0.25) is 0 Å². The van der Waals surface area contributed by atoms with Gasteiger partial charge in [0.15, 0.2) is 0 Å². The number of fused-ring (bicyclic) bond motifs is 12. The molecule has 1 heterocycles. The summed E-state index contributed by atoms with van der Waals surface area (Å²) in [5.41, 5.74) is 17.1. The number of benzene rings is 8. The average Bonchev–Trinajstić information content (AvgIpc) is 3.69. The van der Waals surface area contributed by atoms with E-state index >= 15 is 0 Å². The highest BCUT2D eigenvalue weighted by Gasteiger charge is 2.38. The summed E-state index contributed by atoms with van der Waals surface area (Å²) in [5, 5.41) is 7.78. The minimum absolute atomic E-state index is 0.0783. The van der Waals surface area contributed by atoms with E-state index in [1.54, 1.807) is 0 Å². The molecule has 2 aliphatic carbocycles. The molecule has 2 aliphatic rings. The number of aromatic nitrogens is 1. The molecule has 0 bridgehead atoms. The number of rotatable bonds is 2. The molecular weight excluding hydrogens is 615 g/mol. The van der Waals surface area contributed by atoms with Crippen LogP contribution in [0.3, 0.4) is 0 Å². The van der Waals surface area contributed by atoms with Gasteiger partial charge < -0.3 is 4.57 Å². The molecular formula is C50H37N. The fourth-order valence-corrected chi connectivity index (χ4v) is 9.77. The molecule has 0 aliphatic heterocycles. The first-order valence-corrected chi connectivity index (χ1v) is 18.2. The van der Waals surface area contributed by atoms with Crippen LogP contribution in [0.25, 0.3) is 82.4 Å². The SMILES string of the molecule is CC1(C)c2ccccc2-c2cc3c4cc5c(cc4n(-c4ccc(-c6cc7ccccc7c7ccccc67)cc4)c3cc21)C(C)(C)c1ccccc1-5. The molecule has 11 rings (SSSR count). The molecule has 0 saturated carbocycles. The Morgan fingerprint density at radius 2 is 0.843 bits per heavy atom. The smallest absolute Gasteiger partial charge is 0.0544 e. The van der Waals surface area contributed by atoms with Crippen molar-refractivity contribution in [3.05, 3.63) is 174 Å². The molecule has 0 amide bonds. The maximum atomic E-state index is 2.53. The molecule has 0 fully saturated rings. The largest absolute Gasteiger partial charge is 0.309 e. The lowest BCUT2D eigenvalue weighted by Crippen LogP contribution is -2.15. The van der Waals surface area contributed by atoms with Crippen molar-refractivity contribution in [3.8, 4) is 39.1 Å². The van der Waals surface area contributed by atoms with Gasteiger partial charge in [-0.05, 0) is 120 Å². The summed E-state index contributed by atoms with van der Waals surface area (Å²) in [6.07, 6.45) is 0. The van der Waals surface area contributed by atoms with Crippen LogP contribution >= 0.6 is 0 Å². The normalized spacial score (nSPS) is 15.0. The maximum absolute atomic E-state index is 2.53. The van der Waals surface area contributed by atoms with Crippen LogP contribution in [0.15, 0.2) is 152 Å². The second-order valence-electron chi connectivity index (χ2n) is 15.7. The average molecular weight is 652 g/mol. The number of hydrogen-bond acceptors (Lipinski definition) is 0. The summed E-state index contributed by atoms with van der Waals surface area (Å²) < 4.78 is 2.53. The van der Waals surface area contributed by atoms with Crippen molar-refractivity contribution in [2.24, 2.45) is 0 Å². The van der Waals surface area contributed by atoms with E-state index in [-0.39, 0.29) is 10.8 Å². The van der Waals surface area contributed by atoms with E-state index in [4.69, 9.17) is 0 Å². The molecule has 51 heavy (non-hydrogen) atoms. The van der Waals surface area contributed by atoms with Gasteiger partial charge in [-0.25, -0.2) is 0 Å². The zero-order chi connectivity index (χ0) is 34.2. The van der Waals surface area contributed by atoms with E-state index in [2.05, 4.69) is 184 Å². The van der Waals surface area contributed by atoms with Crippen molar-refractivity contribution in [2.75, 3.05) is 0 Å². The first-order chi connectivity index (χ1) is 24.8. The highest BCUT2D eigenvalue weighted by Crippen LogP contribution is 2.54. The van der Waals surface area contributed by atoms with E-state index in [9.17, 15) is 0 Å². The summed E-state index contributed by atoms with van der Waals surface area (Å²) in [7, 11) is 0. The van der Waals surface area contributed by atoms with E-state index in [1.165, 1.54) is 105 Å². The maximum Gasteiger partial charge on any atom is 0.0544 e. The molecule has 1 aromatic heterocycles. The Morgan fingerprint density at radius 1 is 0.353 bits per heavy atom. The Kier molecular flexibility index (Phi) is 5.58. The number of nitrogens with zero attached hydrogens (tertiary/aromatic N) is 1. The zero-order valence-electron chi connectivity index (χ0n) is 29.4. The first kappa shape index (κ1) is 28.9. The topological polar surface area (TPSA) is 4.93 Å². The van der Waals surface area contributed by atoms with Gasteiger partial charge in [0.1, 0.15) is 0 Å². The third-order valence-electron chi connectivity index (χ3n) is 12.4. The summed E-state index contributed by atoms with van der Waals surface area (Å²) in [4.78, 5) is 0. The summed E-state index contributed by atoms with van der Waals surface area (Å²) in [6, 6.07) is 57.2.